The summed E-state index contributed by atoms with van der Waals surface area (Å²) >= 11 is 0. The van der Waals surface area contributed by atoms with E-state index in [1.807, 2.05) is 36.4 Å². The molecule has 4 N–H and O–H groups in total. The molecule has 2 atom stereocenters. The van der Waals surface area contributed by atoms with E-state index in [2.05, 4.69) is 17.2 Å². The Labute approximate surface area is 157 Å². The van der Waals surface area contributed by atoms with Gasteiger partial charge >= 0.3 is 0 Å². The first-order valence-electron chi connectivity index (χ1n) is 8.27. The lowest BCUT2D eigenvalue weighted by Gasteiger charge is -2.19. The van der Waals surface area contributed by atoms with Crippen LogP contribution in [0.3, 0.4) is 0 Å². The molecule has 6 heteroatoms. The van der Waals surface area contributed by atoms with Gasteiger partial charge in [-0.15, -0.1) is 0 Å². The number of hydroxylamine groups is 1. The molecule has 27 heavy (non-hydrogen) atoms. The Bertz CT molecular complexity index is 863. The van der Waals surface area contributed by atoms with E-state index >= 15 is 0 Å². The normalized spacial score (nSPS) is 12.6. The molecule has 0 aromatic heterocycles. The zero-order valence-corrected chi connectivity index (χ0v) is 14.7. The van der Waals surface area contributed by atoms with Crippen molar-refractivity contribution in [2.24, 2.45) is 0 Å². The quantitative estimate of drug-likeness (QED) is 0.369. The van der Waals surface area contributed by atoms with E-state index in [4.69, 9.17) is 5.21 Å². The number of benzene rings is 2. The minimum Gasteiger partial charge on any atom is -0.391 e. The number of nitrogens with one attached hydrogen (secondary N) is 2. The van der Waals surface area contributed by atoms with Crippen LogP contribution < -0.4 is 10.8 Å². The molecule has 2 amide bonds. The summed E-state index contributed by atoms with van der Waals surface area (Å²) in [5.74, 6) is 4.44. The van der Waals surface area contributed by atoms with E-state index in [0.717, 1.165) is 11.1 Å². The number of aliphatic hydroxyl groups excluding tert-OH is 1. The van der Waals surface area contributed by atoms with Crippen LogP contribution in [0.1, 0.15) is 28.4 Å². The molecule has 0 bridgehead atoms. The zero-order valence-electron chi connectivity index (χ0n) is 14.7. The van der Waals surface area contributed by atoms with Gasteiger partial charge in [0.15, 0.2) is 0 Å². The van der Waals surface area contributed by atoms with Gasteiger partial charge in [0, 0.05) is 11.1 Å². The first-order chi connectivity index (χ1) is 13.0. The van der Waals surface area contributed by atoms with Crippen molar-refractivity contribution in [1.29, 1.82) is 0 Å². The van der Waals surface area contributed by atoms with Gasteiger partial charge in [-0.05, 0) is 48.9 Å². The van der Waals surface area contributed by atoms with Crippen molar-refractivity contribution in [3.05, 3.63) is 77.4 Å². The van der Waals surface area contributed by atoms with Crippen LogP contribution >= 0.6 is 0 Å². The van der Waals surface area contributed by atoms with Crippen molar-refractivity contribution in [3.8, 4) is 11.8 Å². The van der Waals surface area contributed by atoms with E-state index in [9.17, 15) is 14.7 Å². The van der Waals surface area contributed by atoms with Crippen LogP contribution in [0.5, 0.6) is 0 Å². The van der Waals surface area contributed by atoms with Gasteiger partial charge in [-0.3, -0.25) is 14.8 Å². The molecule has 0 saturated heterocycles. The number of hydrogen-bond donors (Lipinski definition) is 4. The maximum atomic E-state index is 12.2. The summed E-state index contributed by atoms with van der Waals surface area (Å²) < 4.78 is 0. The summed E-state index contributed by atoms with van der Waals surface area (Å²) in [6.07, 6.45) is 2.48. The first kappa shape index (κ1) is 19.9. The van der Waals surface area contributed by atoms with Gasteiger partial charge < -0.3 is 10.4 Å². The largest absolute Gasteiger partial charge is 0.391 e. The molecule has 2 rings (SSSR count). The summed E-state index contributed by atoms with van der Waals surface area (Å²) in [4.78, 5) is 23.6. The second-order valence-electron chi connectivity index (χ2n) is 5.76. The van der Waals surface area contributed by atoms with Crippen molar-refractivity contribution in [2.45, 2.75) is 19.1 Å². The van der Waals surface area contributed by atoms with Gasteiger partial charge in [0.05, 0.1) is 6.10 Å². The predicted octanol–water partition coefficient (Wildman–Crippen LogP) is 1.74. The molecule has 0 heterocycles. The highest BCUT2D eigenvalue weighted by molar-refractivity contribution is 5.97. The highest BCUT2D eigenvalue weighted by atomic mass is 16.5. The van der Waals surface area contributed by atoms with E-state index in [1.165, 1.54) is 12.4 Å². The van der Waals surface area contributed by atoms with Crippen LogP contribution in [-0.2, 0) is 4.79 Å². The van der Waals surface area contributed by atoms with Crippen LogP contribution in [0.2, 0.25) is 0 Å². The van der Waals surface area contributed by atoms with Crippen molar-refractivity contribution in [3.63, 3.8) is 0 Å². The molecule has 0 radical (unpaired) electrons. The Morgan fingerprint density at radius 1 is 1.07 bits per heavy atom. The molecule has 0 fully saturated rings. The Hall–Kier alpha value is -3.40. The van der Waals surface area contributed by atoms with Gasteiger partial charge in [0.2, 0.25) is 0 Å². The predicted molar refractivity (Wildman–Crippen MR) is 102 cm³/mol. The van der Waals surface area contributed by atoms with E-state index < -0.39 is 24.0 Å². The van der Waals surface area contributed by atoms with E-state index in [-0.39, 0.29) is 0 Å². The summed E-state index contributed by atoms with van der Waals surface area (Å²) in [5.41, 5.74) is 3.50. The van der Waals surface area contributed by atoms with Crippen LogP contribution in [-0.4, -0.2) is 34.3 Å². The lowest BCUT2D eigenvalue weighted by molar-refractivity contribution is -0.133. The minimum absolute atomic E-state index is 0.303. The summed E-state index contributed by atoms with van der Waals surface area (Å²) in [6, 6.07) is 15.0. The number of hydrogen-bond acceptors (Lipinski definition) is 4. The molecule has 6 nitrogen and oxygen atoms in total. The zero-order chi connectivity index (χ0) is 19.6. The van der Waals surface area contributed by atoms with E-state index in [1.54, 1.807) is 30.3 Å². The number of rotatable bonds is 5. The summed E-state index contributed by atoms with van der Waals surface area (Å²) in [5, 5.41) is 20.6. The lowest BCUT2D eigenvalue weighted by atomic mass is 10.1. The van der Waals surface area contributed by atoms with E-state index in [0.29, 0.717) is 5.56 Å². The fourth-order valence-corrected chi connectivity index (χ4v) is 2.23. The number of carbonyl (C=O) groups is 2. The SMILES string of the molecule is C[C@@H](O)[C@H](NC(=O)c1ccc(C#CC=Cc2ccccc2)cc1)C(=O)NO. The Balaban J connectivity index is 2.00. The first-order valence-corrected chi connectivity index (χ1v) is 8.27. The fourth-order valence-electron chi connectivity index (χ4n) is 2.23. The molecule has 0 saturated carbocycles. The highest BCUT2D eigenvalue weighted by Gasteiger charge is 2.25. The number of carbonyl (C=O) groups excluding carboxylic acids is 2. The average molecular weight is 364 g/mol. The molecule has 0 aliphatic heterocycles. The third-order valence-electron chi connectivity index (χ3n) is 3.68. The third kappa shape index (κ3) is 6.12. The minimum atomic E-state index is -1.26. The monoisotopic (exact) mass is 364 g/mol. The molecular weight excluding hydrogens is 344 g/mol. The molecule has 0 spiro atoms. The van der Waals surface area contributed by atoms with Crippen LogP contribution in [0, 0.1) is 11.8 Å². The maximum Gasteiger partial charge on any atom is 0.268 e. The van der Waals surface area contributed by atoms with Gasteiger partial charge in [-0.1, -0.05) is 42.2 Å². The second-order valence-corrected chi connectivity index (χ2v) is 5.76. The Kier molecular flexibility index (Phi) is 7.32. The van der Waals surface area contributed by atoms with Gasteiger partial charge in [-0.2, -0.15) is 0 Å². The van der Waals surface area contributed by atoms with Crippen molar-refractivity contribution in [2.75, 3.05) is 0 Å². The fraction of sp³-hybridized carbons (Fsp3) is 0.143. The molecule has 0 unspecified atom stereocenters. The third-order valence-corrected chi connectivity index (χ3v) is 3.68. The summed E-state index contributed by atoms with van der Waals surface area (Å²) in [6.45, 7) is 1.34. The van der Waals surface area contributed by atoms with Crippen molar-refractivity contribution in [1.82, 2.24) is 10.8 Å². The Morgan fingerprint density at radius 3 is 2.33 bits per heavy atom. The van der Waals surface area contributed by atoms with Gasteiger partial charge in [-0.25, -0.2) is 5.48 Å². The highest BCUT2D eigenvalue weighted by Crippen LogP contribution is 2.05. The maximum absolute atomic E-state index is 12.2. The Morgan fingerprint density at radius 2 is 1.74 bits per heavy atom. The smallest absolute Gasteiger partial charge is 0.268 e. The van der Waals surface area contributed by atoms with Crippen molar-refractivity contribution < 1.29 is 19.9 Å². The summed E-state index contributed by atoms with van der Waals surface area (Å²) in [7, 11) is 0. The van der Waals surface area contributed by atoms with Crippen molar-refractivity contribution >= 4 is 17.9 Å². The average Bonchev–Trinajstić information content (AvgIpc) is 2.69. The number of aliphatic hydroxyl groups is 1. The number of allylic oxidation sites excluding steroid dienone is 1. The van der Waals surface area contributed by atoms with Crippen LogP contribution in [0.15, 0.2) is 60.7 Å². The number of amides is 2. The molecule has 0 aliphatic rings. The molecule has 2 aromatic rings. The molecular formula is C21H20N2O4. The van der Waals surface area contributed by atoms with Crippen LogP contribution in [0.4, 0.5) is 0 Å². The second kappa shape index (κ2) is 9.92. The topological polar surface area (TPSA) is 98.7 Å². The van der Waals surface area contributed by atoms with Gasteiger partial charge in [0.25, 0.3) is 11.8 Å². The van der Waals surface area contributed by atoms with Crippen LogP contribution in [0.25, 0.3) is 6.08 Å². The van der Waals surface area contributed by atoms with Gasteiger partial charge in [0.1, 0.15) is 6.04 Å². The molecule has 0 aliphatic carbocycles. The standard InChI is InChI=1S/C21H20N2O4/c1-15(24)19(21(26)23-27)22-20(25)18-13-11-17(12-14-18)10-6-5-9-16-7-3-2-4-8-16/h2-5,7-9,11-15,19,24,27H,1H3,(H,22,25)(H,23,26)/t15-,19+/m1/s1. The molecule has 138 valence electrons. The molecule has 2 aromatic carbocycles. The lowest BCUT2D eigenvalue weighted by Crippen LogP contribution is -2.51.